The molecular formula is C18H29N3O11. The average molecular weight is 463 g/mol. The van der Waals surface area contributed by atoms with E-state index >= 15 is 0 Å². The Morgan fingerprint density at radius 1 is 0.781 bits per heavy atom. The largest absolute Gasteiger partial charge is 0.479 e. The predicted molar refractivity (Wildman–Crippen MR) is 103 cm³/mol. The summed E-state index contributed by atoms with van der Waals surface area (Å²) in [4.78, 5) is 46.6. The first-order valence-corrected chi connectivity index (χ1v) is 9.88. The van der Waals surface area contributed by atoms with Crippen molar-refractivity contribution in [1.82, 2.24) is 16.0 Å². The van der Waals surface area contributed by atoms with Crippen molar-refractivity contribution < 1.29 is 53.8 Å². The Labute approximate surface area is 183 Å². The summed E-state index contributed by atoms with van der Waals surface area (Å²) in [6.45, 7) is 5.04. The molecule has 0 aromatic carbocycles. The minimum atomic E-state index is -1.90. The van der Waals surface area contributed by atoms with Crippen molar-refractivity contribution in [2.45, 2.75) is 88.9 Å². The van der Waals surface area contributed by atoms with E-state index in [0.717, 1.165) is 6.92 Å². The van der Waals surface area contributed by atoms with E-state index in [-0.39, 0.29) is 0 Å². The highest BCUT2D eigenvalue weighted by Crippen LogP contribution is 2.29. The summed E-state index contributed by atoms with van der Waals surface area (Å²) in [5, 5.41) is 47.6. The highest BCUT2D eigenvalue weighted by atomic mass is 16.7. The fourth-order valence-corrected chi connectivity index (χ4v) is 3.76. The minimum absolute atomic E-state index is 0.487. The molecule has 0 unspecified atom stereocenters. The molecule has 2 aliphatic rings. The summed E-state index contributed by atoms with van der Waals surface area (Å²) in [7, 11) is 0. The number of ether oxygens (including phenoxy) is 3. The van der Waals surface area contributed by atoms with Crippen LogP contribution in [0, 0.1) is 0 Å². The maximum Gasteiger partial charge on any atom is 0.335 e. The third kappa shape index (κ3) is 5.90. The van der Waals surface area contributed by atoms with Crippen LogP contribution in [0.4, 0.5) is 0 Å². The Hall–Kier alpha value is -2.36. The van der Waals surface area contributed by atoms with E-state index in [9.17, 15) is 39.6 Å². The maximum atomic E-state index is 11.7. The zero-order valence-corrected chi connectivity index (χ0v) is 17.9. The number of amides is 3. The molecule has 0 aromatic rings. The lowest BCUT2D eigenvalue weighted by molar-refractivity contribution is -0.302. The Kier molecular flexibility index (Phi) is 8.50. The molecule has 0 bridgehead atoms. The Morgan fingerprint density at radius 3 is 1.78 bits per heavy atom. The summed E-state index contributed by atoms with van der Waals surface area (Å²) in [5.41, 5.74) is 0. The second-order valence-corrected chi connectivity index (χ2v) is 7.76. The topological polar surface area (TPSA) is 213 Å². The van der Waals surface area contributed by atoms with Crippen molar-refractivity contribution in [3.8, 4) is 0 Å². The molecule has 0 radical (unpaired) electrons. The van der Waals surface area contributed by atoms with Crippen molar-refractivity contribution in [2.24, 2.45) is 0 Å². The first kappa shape index (κ1) is 25.9. The summed E-state index contributed by atoms with van der Waals surface area (Å²) < 4.78 is 16.6. The van der Waals surface area contributed by atoms with Gasteiger partial charge in [-0.1, -0.05) is 0 Å². The van der Waals surface area contributed by atoms with Crippen LogP contribution in [0.5, 0.6) is 0 Å². The van der Waals surface area contributed by atoms with Crippen molar-refractivity contribution in [2.75, 3.05) is 0 Å². The molecule has 2 heterocycles. The van der Waals surface area contributed by atoms with Gasteiger partial charge >= 0.3 is 5.97 Å². The number of carboxylic acids is 1. The van der Waals surface area contributed by atoms with E-state index in [4.69, 9.17) is 14.2 Å². The molecule has 0 spiro atoms. The molecule has 3 amide bonds. The van der Waals surface area contributed by atoms with E-state index in [1.807, 2.05) is 0 Å². The quantitative estimate of drug-likeness (QED) is 0.202. The highest BCUT2D eigenvalue weighted by molar-refractivity contribution is 5.75. The third-order valence-corrected chi connectivity index (χ3v) is 5.12. The van der Waals surface area contributed by atoms with Gasteiger partial charge in [0.25, 0.3) is 0 Å². The summed E-state index contributed by atoms with van der Waals surface area (Å²) in [5.74, 6) is -3.28. The molecule has 0 saturated carbocycles. The number of aliphatic carboxylic acids is 1. The molecular weight excluding hydrogens is 434 g/mol. The number of carboxylic acid groups (broad SMARTS) is 1. The lowest BCUT2D eigenvalue weighted by atomic mass is 9.93. The van der Waals surface area contributed by atoms with Gasteiger partial charge in [0, 0.05) is 20.8 Å². The number of carbonyl (C=O) groups is 4. The van der Waals surface area contributed by atoms with Gasteiger partial charge in [-0.05, 0) is 6.92 Å². The lowest BCUT2D eigenvalue weighted by Gasteiger charge is -2.48. The van der Waals surface area contributed by atoms with Gasteiger partial charge in [0.1, 0.15) is 30.4 Å². The van der Waals surface area contributed by atoms with Crippen molar-refractivity contribution in [3.63, 3.8) is 0 Å². The average Bonchev–Trinajstić information content (AvgIpc) is 2.65. The number of aliphatic hydroxyl groups is 3. The molecule has 7 N–H and O–H groups in total. The minimum Gasteiger partial charge on any atom is -0.479 e. The van der Waals surface area contributed by atoms with Gasteiger partial charge in [-0.2, -0.15) is 0 Å². The van der Waals surface area contributed by atoms with Gasteiger partial charge in [0.2, 0.25) is 17.7 Å². The van der Waals surface area contributed by atoms with E-state index in [1.165, 1.54) is 20.8 Å². The van der Waals surface area contributed by atoms with E-state index < -0.39 is 84.9 Å². The standard InChI is InChI=1S/C18H29N3O11/c1-5-9(19-6(2)22)14(11(17(29)30-5)21-8(4)24)31-18-10(20-7(3)23)12(25)13(26)15(32-18)16(27)28/h5,9-15,17-18,25-26,29H,1-4H3,(H,19,22)(H,20,23)(H,21,24)(H,27,28)/t5-,9-,10-,11-,12-,13-,14+,15+,17-,18+/m1/s1. The molecule has 0 aliphatic carbocycles. The van der Waals surface area contributed by atoms with E-state index in [1.54, 1.807) is 0 Å². The van der Waals surface area contributed by atoms with Crippen molar-refractivity contribution >= 4 is 23.7 Å². The normalized spacial score (nSPS) is 39.6. The molecule has 14 nitrogen and oxygen atoms in total. The first-order valence-electron chi connectivity index (χ1n) is 9.88. The SMILES string of the molecule is CC(=O)N[C@@H]1[C@@H](O[C@H]2O[C@H](C(=O)O)[C@H](O)[C@H](O)[C@H]2NC(C)=O)[C@H](NC(C)=O)[C@@H](C)O[C@H]1O. The summed E-state index contributed by atoms with van der Waals surface area (Å²) in [6, 6.07) is -3.61. The van der Waals surface area contributed by atoms with Crippen LogP contribution < -0.4 is 16.0 Å². The fourth-order valence-electron chi connectivity index (χ4n) is 3.76. The Balaban J connectivity index is 2.43. The van der Waals surface area contributed by atoms with Crippen LogP contribution in [0.1, 0.15) is 27.7 Å². The third-order valence-electron chi connectivity index (χ3n) is 5.12. The molecule has 14 heteroatoms. The second-order valence-electron chi connectivity index (χ2n) is 7.76. The van der Waals surface area contributed by atoms with E-state index in [0.29, 0.717) is 0 Å². The zero-order chi connectivity index (χ0) is 24.3. The molecule has 182 valence electrons. The van der Waals surface area contributed by atoms with Crippen molar-refractivity contribution in [1.29, 1.82) is 0 Å². The molecule has 32 heavy (non-hydrogen) atoms. The lowest BCUT2D eigenvalue weighted by Crippen LogP contribution is -2.71. The molecule has 2 aliphatic heterocycles. The van der Waals surface area contributed by atoms with Gasteiger partial charge in [0.05, 0.1) is 12.1 Å². The Bertz CT molecular complexity index is 707. The number of rotatable bonds is 6. The highest BCUT2D eigenvalue weighted by Gasteiger charge is 2.52. The number of nitrogens with one attached hydrogen (secondary N) is 3. The molecule has 0 aromatic heterocycles. The predicted octanol–water partition coefficient (Wildman–Crippen LogP) is -3.85. The molecule has 2 fully saturated rings. The first-order chi connectivity index (χ1) is 14.8. The summed E-state index contributed by atoms with van der Waals surface area (Å²) >= 11 is 0. The van der Waals surface area contributed by atoms with Crippen molar-refractivity contribution in [3.05, 3.63) is 0 Å². The van der Waals surface area contributed by atoms with Gasteiger partial charge in [0.15, 0.2) is 18.7 Å². The van der Waals surface area contributed by atoms with Crippen LogP contribution >= 0.6 is 0 Å². The maximum absolute atomic E-state index is 11.7. The summed E-state index contributed by atoms with van der Waals surface area (Å²) in [6.07, 6.45) is -10.9. The second kappa shape index (κ2) is 10.5. The van der Waals surface area contributed by atoms with Crippen LogP contribution in [0.3, 0.4) is 0 Å². The van der Waals surface area contributed by atoms with E-state index in [2.05, 4.69) is 16.0 Å². The molecule has 2 rings (SSSR count). The van der Waals surface area contributed by atoms with Crippen LogP contribution in [0.25, 0.3) is 0 Å². The van der Waals surface area contributed by atoms with Crippen LogP contribution in [0.2, 0.25) is 0 Å². The number of aliphatic hydroxyl groups excluding tert-OH is 3. The van der Waals surface area contributed by atoms with Crippen LogP contribution in [-0.2, 0) is 33.4 Å². The van der Waals surface area contributed by atoms with Crippen LogP contribution in [0.15, 0.2) is 0 Å². The van der Waals surface area contributed by atoms with Gasteiger partial charge < -0.3 is 50.6 Å². The van der Waals surface area contributed by atoms with Crippen LogP contribution in [-0.4, -0.2) is 105 Å². The van der Waals surface area contributed by atoms with Gasteiger partial charge in [-0.3, -0.25) is 14.4 Å². The zero-order valence-electron chi connectivity index (χ0n) is 17.9. The molecule has 10 atom stereocenters. The van der Waals surface area contributed by atoms with Gasteiger partial charge in [-0.15, -0.1) is 0 Å². The monoisotopic (exact) mass is 463 g/mol. The molecule has 2 saturated heterocycles. The Morgan fingerprint density at radius 2 is 1.28 bits per heavy atom. The number of hydrogen-bond donors (Lipinski definition) is 7. The fraction of sp³-hybridized carbons (Fsp3) is 0.778. The number of carbonyl (C=O) groups excluding carboxylic acids is 3. The number of hydrogen-bond acceptors (Lipinski definition) is 10. The van der Waals surface area contributed by atoms with Gasteiger partial charge in [-0.25, -0.2) is 4.79 Å². The smallest absolute Gasteiger partial charge is 0.335 e.